The molecule has 0 aliphatic rings. The highest BCUT2D eigenvalue weighted by atomic mass is 16.5. The monoisotopic (exact) mass is 403 g/mol. The summed E-state index contributed by atoms with van der Waals surface area (Å²) in [6, 6.07) is 22.9. The molecule has 3 rings (SSSR count). The smallest absolute Gasteiger partial charge is 0.323 e. The van der Waals surface area contributed by atoms with Crippen molar-refractivity contribution < 1.29 is 19.5 Å². The molecule has 30 heavy (non-hydrogen) atoms. The molecule has 4 N–H and O–H groups in total. The largest absolute Gasteiger partial charge is 0.497 e. The summed E-state index contributed by atoms with van der Waals surface area (Å²) in [7, 11) is 1.57. The molecule has 0 aliphatic carbocycles. The molecular weight excluding hydrogens is 382 g/mol. The van der Waals surface area contributed by atoms with Crippen LogP contribution in [0, 0.1) is 0 Å². The van der Waals surface area contributed by atoms with E-state index in [0.717, 1.165) is 5.56 Å². The molecule has 3 aromatic rings. The number of benzene rings is 3. The Kier molecular flexibility index (Phi) is 6.81. The fourth-order valence-electron chi connectivity index (χ4n) is 2.85. The average molecular weight is 403 g/mol. The van der Waals surface area contributed by atoms with E-state index in [1.54, 1.807) is 55.1 Å². The van der Waals surface area contributed by atoms with E-state index in [9.17, 15) is 9.59 Å². The molecule has 7 nitrogen and oxygen atoms in total. The number of carbonyl (C=O) groups excluding carboxylic acids is 2. The topological polar surface area (TPSA) is 99.7 Å². The van der Waals surface area contributed by atoms with Crippen LogP contribution in [0.5, 0.6) is 5.75 Å². The highest BCUT2D eigenvalue weighted by Crippen LogP contribution is 2.25. The molecule has 152 valence electrons. The first-order chi connectivity index (χ1) is 14.6. The van der Waals surface area contributed by atoms with E-state index < -0.39 is 11.9 Å². The third-order valence-corrected chi connectivity index (χ3v) is 4.25. The molecular formula is C23H21N3O4. The van der Waals surface area contributed by atoms with E-state index in [1.807, 2.05) is 36.4 Å². The number of carbonyl (C=O) groups is 2. The lowest BCUT2D eigenvalue weighted by Crippen LogP contribution is -2.19. The van der Waals surface area contributed by atoms with Crippen LogP contribution < -0.4 is 20.9 Å². The summed E-state index contributed by atoms with van der Waals surface area (Å²) in [4.78, 5) is 24.1. The minimum atomic E-state index is -0.649. The predicted octanol–water partition coefficient (Wildman–Crippen LogP) is 4.28. The highest BCUT2D eigenvalue weighted by molar-refractivity contribution is 6.01. The van der Waals surface area contributed by atoms with Crippen LogP contribution in [0.3, 0.4) is 0 Å². The molecule has 0 fully saturated rings. The van der Waals surface area contributed by atoms with Gasteiger partial charge in [0.15, 0.2) is 0 Å². The van der Waals surface area contributed by atoms with Crippen molar-refractivity contribution in [2.24, 2.45) is 0 Å². The van der Waals surface area contributed by atoms with Gasteiger partial charge in [-0.05, 0) is 53.1 Å². The third kappa shape index (κ3) is 5.46. The Morgan fingerprint density at radius 2 is 1.50 bits per heavy atom. The van der Waals surface area contributed by atoms with E-state index in [2.05, 4.69) is 10.6 Å². The van der Waals surface area contributed by atoms with Gasteiger partial charge in [0.25, 0.3) is 5.91 Å². The lowest BCUT2D eigenvalue weighted by Gasteiger charge is -2.12. The second-order valence-corrected chi connectivity index (χ2v) is 6.29. The van der Waals surface area contributed by atoms with Crippen LogP contribution in [-0.4, -0.2) is 24.3 Å². The van der Waals surface area contributed by atoms with E-state index >= 15 is 0 Å². The lowest BCUT2D eigenvalue weighted by molar-refractivity contribution is -0.124. The summed E-state index contributed by atoms with van der Waals surface area (Å²) in [6.45, 7) is 0. The molecule has 0 unspecified atom stereocenters. The number of methoxy groups -OCH3 is 1. The number of amides is 3. The molecule has 0 aliphatic heterocycles. The number of hydrogen-bond acceptors (Lipinski definition) is 4. The van der Waals surface area contributed by atoms with Crippen LogP contribution in [0.1, 0.15) is 11.1 Å². The highest BCUT2D eigenvalue weighted by Gasteiger charge is 2.10. The zero-order valence-electron chi connectivity index (χ0n) is 16.3. The van der Waals surface area contributed by atoms with Crippen LogP contribution in [0.25, 0.3) is 5.57 Å². The van der Waals surface area contributed by atoms with Crippen molar-refractivity contribution in [1.82, 2.24) is 5.48 Å². The van der Waals surface area contributed by atoms with Gasteiger partial charge < -0.3 is 15.4 Å². The van der Waals surface area contributed by atoms with Crippen molar-refractivity contribution >= 4 is 28.9 Å². The standard InChI is InChI=1S/C23H21N3O4/c1-30-20-12-10-18(11-13-20)24-23(28)25-19-9-5-8-17(14-19)21(15-22(27)26-29)16-6-3-2-4-7-16/h2-15,29H,1H3,(H,26,27)(H2,24,25,28). The summed E-state index contributed by atoms with van der Waals surface area (Å²) in [6.07, 6.45) is 1.30. The van der Waals surface area contributed by atoms with E-state index in [-0.39, 0.29) is 0 Å². The van der Waals surface area contributed by atoms with Gasteiger partial charge in [-0.25, -0.2) is 10.3 Å². The van der Waals surface area contributed by atoms with Crippen LogP contribution >= 0.6 is 0 Å². The van der Waals surface area contributed by atoms with Gasteiger partial charge in [0.05, 0.1) is 7.11 Å². The maximum Gasteiger partial charge on any atom is 0.323 e. The van der Waals surface area contributed by atoms with Crippen LogP contribution in [-0.2, 0) is 4.79 Å². The number of hydrogen-bond donors (Lipinski definition) is 4. The normalized spacial score (nSPS) is 10.8. The van der Waals surface area contributed by atoms with Crippen LogP contribution in [0.4, 0.5) is 16.2 Å². The molecule has 3 amide bonds. The van der Waals surface area contributed by atoms with Crippen molar-refractivity contribution in [2.75, 3.05) is 17.7 Å². The summed E-state index contributed by atoms with van der Waals surface area (Å²) in [5.41, 5.74) is 4.87. The summed E-state index contributed by atoms with van der Waals surface area (Å²) < 4.78 is 5.10. The summed E-state index contributed by atoms with van der Waals surface area (Å²) in [5, 5.41) is 14.4. The minimum absolute atomic E-state index is 0.407. The van der Waals surface area contributed by atoms with Gasteiger partial charge in [-0.2, -0.15) is 0 Å². The fourth-order valence-corrected chi connectivity index (χ4v) is 2.85. The Morgan fingerprint density at radius 1 is 0.833 bits per heavy atom. The minimum Gasteiger partial charge on any atom is -0.497 e. The van der Waals surface area contributed by atoms with Crippen molar-refractivity contribution in [1.29, 1.82) is 0 Å². The van der Waals surface area contributed by atoms with Gasteiger partial charge in [0.1, 0.15) is 5.75 Å². The van der Waals surface area contributed by atoms with Gasteiger partial charge in [-0.1, -0.05) is 42.5 Å². The number of urea groups is 1. The second kappa shape index (κ2) is 9.90. The number of ether oxygens (including phenoxy) is 1. The summed E-state index contributed by atoms with van der Waals surface area (Å²) in [5.74, 6) is 0.0465. The van der Waals surface area contributed by atoms with Gasteiger partial charge in [0.2, 0.25) is 0 Å². The van der Waals surface area contributed by atoms with Crippen LogP contribution in [0.2, 0.25) is 0 Å². The Morgan fingerprint density at radius 3 is 2.17 bits per heavy atom. The maximum absolute atomic E-state index is 12.3. The molecule has 0 saturated carbocycles. The van der Waals surface area contributed by atoms with E-state index in [1.165, 1.54) is 6.08 Å². The van der Waals surface area contributed by atoms with Gasteiger partial charge in [-0.3, -0.25) is 10.0 Å². The molecule has 0 bridgehead atoms. The SMILES string of the molecule is COc1ccc(NC(=O)Nc2cccc(C(=CC(=O)NO)c3ccccc3)c2)cc1. The average Bonchev–Trinajstić information content (AvgIpc) is 2.78. The molecule has 7 heteroatoms. The molecule has 0 heterocycles. The van der Waals surface area contributed by atoms with Crippen molar-refractivity contribution in [3.63, 3.8) is 0 Å². The first kappa shape index (κ1) is 20.6. The van der Waals surface area contributed by atoms with Gasteiger partial charge >= 0.3 is 6.03 Å². The van der Waals surface area contributed by atoms with E-state index in [0.29, 0.717) is 28.3 Å². The number of anilines is 2. The lowest BCUT2D eigenvalue weighted by atomic mass is 9.97. The third-order valence-electron chi connectivity index (χ3n) is 4.25. The molecule has 3 aromatic carbocycles. The Bertz CT molecular complexity index is 1050. The zero-order valence-corrected chi connectivity index (χ0v) is 16.3. The Hall–Kier alpha value is -4.10. The predicted molar refractivity (Wildman–Crippen MR) is 116 cm³/mol. The Labute approximate surface area is 174 Å². The molecule has 0 saturated heterocycles. The maximum atomic E-state index is 12.3. The molecule has 0 spiro atoms. The number of nitrogens with one attached hydrogen (secondary N) is 3. The van der Waals surface area contributed by atoms with Crippen molar-refractivity contribution in [2.45, 2.75) is 0 Å². The van der Waals surface area contributed by atoms with Crippen molar-refractivity contribution in [3.05, 3.63) is 96.1 Å². The first-order valence-corrected chi connectivity index (χ1v) is 9.12. The van der Waals surface area contributed by atoms with Gasteiger partial charge in [-0.15, -0.1) is 0 Å². The number of rotatable bonds is 6. The van der Waals surface area contributed by atoms with Crippen molar-refractivity contribution in [3.8, 4) is 5.75 Å². The fraction of sp³-hybridized carbons (Fsp3) is 0.0435. The van der Waals surface area contributed by atoms with Crippen LogP contribution in [0.15, 0.2) is 84.9 Å². The van der Waals surface area contributed by atoms with Gasteiger partial charge in [0, 0.05) is 17.5 Å². The zero-order chi connectivity index (χ0) is 21.3. The summed E-state index contributed by atoms with van der Waals surface area (Å²) >= 11 is 0. The first-order valence-electron chi connectivity index (χ1n) is 9.12. The second-order valence-electron chi connectivity index (χ2n) is 6.29. The molecule has 0 radical (unpaired) electrons. The quantitative estimate of drug-likeness (QED) is 0.280. The molecule has 0 atom stereocenters. The van der Waals surface area contributed by atoms with E-state index in [4.69, 9.17) is 9.94 Å². The number of hydroxylamine groups is 1. The Balaban J connectivity index is 1.80. The molecule has 0 aromatic heterocycles.